The maximum Gasteiger partial charge on any atom is 0.258 e. The predicted octanol–water partition coefficient (Wildman–Crippen LogP) is 3.42. The average molecular weight is 434 g/mol. The van der Waals surface area contributed by atoms with Crippen molar-refractivity contribution in [2.75, 3.05) is 7.11 Å². The van der Waals surface area contributed by atoms with E-state index in [0.717, 1.165) is 5.56 Å². The third kappa shape index (κ3) is 4.91. The van der Waals surface area contributed by atoms with Crippen LogP contribution in [0.2, 0.25) is 5.02 Å². The number of nitrogens with one attached hydrogen (secondary N) is 3. The van der Waals surface area contributed by atoms with Gasteiger partial charge in [0.15, 0.2) is 6.17 Å². The minimum Gasteiger partial charge on any atom is -0.497 e. The van der Waals surface area contributed by atoms with E-state index in [2.05, 4.69) is 16.0 Å². The van der Waals surface area contributed by atoms with Gasteiger partial charge in [-0.1, -0.05) is 43.6 Å². The van der Waals surface area contributed by atoms with Crippen molar-refractivity contribution in [3.05, 3.63) is 64.2 Å². The number of hydrogen-bond donors (Lipinski definition) is 3. The van der Waals surface area contributed by atoms with Gasteiger partial charge >= 0.3 is 0 Å². The summed E-state index contributed by atoms with van der Waals surface area (Å²) in [4.78, 5) is 24.2. The van der Waals surface area contributed by atoms with Crippen molar-refractivity contribution in [1.82, 2.24) is 16.0 Å². The van der Waals surface area contributed by atoms with Crippen LogP contribution in [0.15, 0.2) is 42.5 Å². The monoisotopic (exact) mass is 433 g/mol. The molecule has 1 aliphatic heterocycles. The first-order chi connectivity index (χ1) is 14.3. The van der Waals surface area contributed by atoms with Gasteiger partial charge < -0.3 is 15.4 Å². The van der Waals surface area contributed by atoms with Gasteiger partial charge in [0.25, 0.3) is 5.91 Å². The molecule has 3 rings (SSSR count). The molecule has 8 heteroatoms. The Balaban J connectivity index is 1.82. The molecule has 0 saturated carbocycles. The Morgan fingerprint density at radius 2 is 1.93 bits per heavy atom. The Morgan fingerprint density at radius 3 is 2.57 bits per heavy atom. The highest BCUT2D eigenvalue weighted by molar-refractivity contribution is 6.31. The Labute approximate surface area is 180 Å². The fourth-order valence-electron chi connectivity index (χ4n) is 3.24. The Hall–Kier alpha value is -2.64. The number of hydrogen-bond acceptors (Lipinski definition) is 4. The van der Waals surface area contributed by atoms with Crippen molar-refractivity contribution in [3.8, 4) is 5.75 Å². The highest BCUT2D eigenvalue weighted by atomic mass is 35.5. The molecule has 0 aromatic heterocycles. The largest absolute Gasteiger partial charge is 0.497 e. The number of ether oxygens (including phenoxy) is 1. The van der Waals surface area contributed by atoms with Crippen LogP contribution in [-0.2, 0) is 16.1 Å². The first-order valence-electron chi connectivity index (χ1n) is 9.70. The van der Waals surface area contributed by atoms with Crippen LogP contribution in [0, 0.1) is 5.92 Å². The molecule has 1 saturated heterocycles. The lowest BCUT2D eigenvalue weighted by Crippen LogP contribution is -2.53. The number of alkyl halides is 1. The Kier molecular flexibility index (Phi) is 6.95. The minimum atomic E-state index is -1.75. The molecule has 6 nitrogen and oxygen atoms in total. The van der Waals surface area contributed by atoms with E-state index < -0.39 is 24.3 Å². The van der Waals surface area contributed by atoms with Gasteiger partial charge in [-0.05, 0) is 35.4 Å². The van der Waals surface area contributed by atoms with E-state index in [1.54, 1.807) is 49.6 Å². The van der Waals surface area contributed by atoms with Gasteiger partial charge in [-0.15, -0.1) is 0 Å². The third-order valence-corrected chi connectivity index (χ3v) is 5.36. The maximum atomic E-state index is 14.7. The number of carbonyl (C=O) groups excluding carboxylic acids is 2. The quantitative estimate of drug-likeness (QED) is 0.652. The third-order valence-electron chi connectivity index (χ3n) is 5.01. The number of halogens is 2. The summed E-state index contributed by atoms with van der Waals surface area (Å²) < 4.78 is 19.8. The zero-order valence-electron chi connectivity index (χ0n) is 17.0. The maximum absolute atomic E-state index is 14.7. The molecule has 1 fully saturated rings. The Morgan fingerprint density at radius 1 is 1.23 bits per heavy atom. The lowest BCUT2D eigenvalue weighted by molar-refractivity contribution is -0.131. The zero-order chi connectivity index (χ0) is 21.8. The molecule has 2 aromatic rings. The molecule has 1 aliphatic rings. The molecular weight excluding hydrogens is 409 g/mol. The number of rotatable bonds is 6. The second-order valence-corrected chi connectivity index (χ2v) is 7.90. The highest BCUT2D eigenvalue weighted by Gasteiger charge is 2.38. The van der Waals surface area contributed by atoms with E-state index in [9.17, 15) is 14.0 Å². The van der Waals surface area contributed by atoms with Crippen LogP contribution in [0.1, 0.15) is 42.7 Å². The van der Waals surface area contributed by atoms with Gasteiger partial charge in [0, 0.05) is 23.0 Å². The van der Waals surface area contributed by atoms with E-state index in [0.29, 0.717) is 28.4 Å². The highest BCUT2D eigenvalue weighted by Crippen LogP contribution is 2.32. The SMILES string of the molecule is COc1ccc(C2NC(c3cc(CNC(=O)C(C)C)ccc3Cl)NC(=O)C2F)cc1. The summed E-state index contributed by atoms with van der Waals surface area (Å²) in [6, 6.07) is 11.3. The van der Waals surface area contributed by atoms with E-state index in [-0.39, 0.29) is 11.8 Å². The van der Waals surface area contributed by atoms with Crippen LogP contribution in [0.3, 0.4) is 0 Å². The molecule has 0 radical (unpaired) electrons. The molecule has 30 heavy (non-hydrogen) atoms. The zero-order valence-corrected chi connectivity index (χ0v) is 17.8. The van der Waals surface area contributed by atoms with Gasteiger partial charge in [0.2, 0.25) is 5.91 Å². The molecule has 160 valence electrons. The van der Waals surface area contributed by atoms with E-state index in [1.165, 1.54) is 0 Å². The summed E-state index contributed by atoms with van der Waals surface area (Å²) in [5.41, 5.74) is 2.05. The molecule has 0 aliphatic carbocycles. The van der Waals surface area contributed by atoms with Crippen molar-refractivity contribution < 1.29 is 18.7 Å². The van der Waals surface area contributed by atoms with Gasteiger partial charge in [0.1, 0.15) is 11.9 Å². The van der Waals surface area contributed by atoms with Crippen LogP contribution >= 0.6 is 11.6 Å². The number of benzene rings is 2. The van der Waals surface area contributed by atoms with Gasteiger partial charge in [-0.3, -0.25) is 14.9 Å². The summed E-state index contributed by atoms with van der Waals surface area (Å²) in [6.45, 7) is 3.96. The van der Waals surface area contributed by atoms with Crippen LogP contribution in [0.5, 0.6) is 5.75 Å². The Bertz CT molecular complexity index is 920. The van der Waals surface area contributed by atoms with Crippen molar-refractivity contribution in [1.29, 1.82) is 0 Å². The second-order valence-electron chi connectivity index (χ2n) is 7.49. The van der Waals surface area contributed by atoms with Crippen LogP contribution in [0.25, 0.3) is 0 Å². The molecule has 3 unspecified atom stereocenters. The van der Waals surface area contributed by atoms with Crippen LogP contribution in [0.4, 0.5) is 4.39 Å². The number of methoxy groups -OCH3 is 1. The van der Waals surface area contributed by atoms with Crippen molar-refractivity contribution in [3.63, 3.8) is 0 Å². The molecular formula is C22H25ClFN3O3. The molecule has 2 amide bonds. The minimum absolute atomic E-state index is 0.0598. The molecule has 2 aromatic carbocycles. The first-order valence-corrected chi connectivity index (χ1v) is 10.1. The first kappa shape index (κ1) is 22.1. The lowest BCUT2D eigenvalue weighted by atomic mass is 9.97. The summed E-state index contributed by atoms with van der Waals surface area (Å²) in [6.07, 6.45) is -2.42. The van der Waals surface area contributed by atoms with E-state index in [1.807, 2.05) is 13.8 Å². The fourth-order valence-corrected chi connectivity index (χ4v) is 3.47. The van der Waals surface area contributed by atoms with Crippen LogP contribution in [-0.4, -0.2) is 25.1 Å². The summed E-state index contributed by atoms with van der Waals surface area (Å²) in [5.74, 6) is -0.252. The molecule has 0 spiro atoms. The summed E-state index contributed by atoms with van der Waals surface area (Å²) >= 11 is 6.37. The summed E-state index contributed by atoms with van der Waals surface area (Å²) in [5, 5.41) is 9.05. The average Bonchev–Trinajstić information content (AvgIpc) is 2.74. The lowest BCUT2D eigenvalue weighted by Gasteiger charge is -2.35. The van der Waals surface area contributed by atoms with E-state index in [4.69, 9.17) is 16.3 Å². The van der Waals surface area contributed by atoms with Crippen molar-refractivity contribution in [2.45, 2.75) is 38.8 Å². The standard InChI is InChI=1S/C22H25ClFN3O3/c1-12(2)21(28)25-11-13-4-9-17(23)16(10-13)20-26-19(18(24)22(29)27-20)14-5-7-15(30-3)8-6-14/h4-10,12,18-20,26H,11H2,1-3H3,(H,25,28)(H,27,29). The molecule has 0 bridgehead atoms. The second kappa shape index (κ2) is 9.45. The van der Waals surface area contributed by atoms with Crippen molar-refractivity contribution in [2.24, 2.45) is 5.92 Å². The normalized spacial score (nSPS) is 21.3. The van der Waals surface area contributed by atoms with Gasteiger partial charge in [-0.25, -0.2) is 4.39 Å². The van der Waals surface area contributed by atoms with Crippen molar-refractivity contribution >= 4 is 23.4 Å². The topological polar surface area (TPSA) is 79.5 Å². The fraction of sp³-hybridized carbons (Fsp3) is 0.364. The van der Waals surface area contributed by atoms with Gasteiger partial charge in [0.05, 0.1) is 13.2 Å². The summed E-state index contributed by atoms with van der Waals surface area (Å²) in [7, 11) is 1.55. The smallest absolute Gasteiger partial charge is 0.258 e. The predicted molar refractivity (Wildman–Crippen MR) is 113 cm³/mol. The molecule has 3 atom stereocenters. The number of amides is 2. The molecule has 3 N–H and O–H groups in total. The molecule has 1 heterocycles. The van der Waals surface area contributed by atoms with Gasteiger partial charge in [-0.2, -0.15) is 0 Å². The van der Waals surface area contributed by atoms with E-state index >= 15 is 0 Å². The number of carbonyl (C=O) groups is 2. The van der Waals surface area contributed by atoms with Crippen LogP contribution < -0.4 is 20.7 Å².